The van der Waals surface area contributed by atoms with Gasteiger partial charge in [0.15, 0.2) is 11.7 Å². The van der Waals surface area contributed by atoms with Gasteiger partial charge in [-0.2, -0.15) is 0 Å². The number of hydrogen-bond acceptors (Lipinski definition) is 15. The Morgan fingerprint density at radius 1 is 0.891 bits per heavy atom. The molecule has 1 saturated heterocycles. The maximum absolute atomic E-state index is 14.0. The Hall–Kier alpha value is -5.95. The molecule has 6 N–H and O–H groups in total. The van der Waals surface area contributed by atoms with Gasteiger partial charge in [-0.25, -0.2) is 4.63 Å². The van der Waals surface area contributed by atoms with Gasteiger partial charge in [-0.3, -0.25) is 25.1 Å². The van der Waals surface area contributed by atoms with E-state index < -0.39 is 35.6 Å². The normalized spacial score (nSPS) is 19.7. The highest BCUT2D eigenvalue weighted by atomic mass is 16.6. The molecule has 1 aromatic heterocycles. The van der Waals surface area contributed by atoms with Gasteiger partial charge in [0.2, 0.25) is 11.4 Å². The molecule has 4 aromatic carbocycles. The Balaban J connectivity index is 1.00. The van der Waals surface area contributed by atoms with E-state index in [-0.39, 0.29) is 61.3 Å². The van der Waals surface area contributed by atoms with Gasteiger partial charge in [-0.05, 0) is 40.9 Å². The van der Waals surface area contributed by atoms with Crippen LogP contribution in [0.2, 0.25) is 0 Å². The van der Waals surface area contributed by atoms with Gasteiger partial charge >= 0.3 is 5.69 Å². The number of nitro groups is 1. The number of benzene rings is 4. The average Bonchev–Trinajstić information content (AvgIpc) is 3.69. The van der Waals surface area contributed by atoms with Crippen LogP contribution < -0.4 is 15.5 Å². The van der Waals surface area contributed by atoms with Crippen molar-refractivity contribution in [2.45, 2.75) is 37.6 Å². The van der Waals surface area contributed by atoms with Crippen LogP contribution in [0.3, 0.4) is 0 Å². The molecule has 0 bridgehead atoms. The number of non-ortho nitro benzene ring substituents is 1. The Labute approximate surface area is 314 Å². The maximum atomic E-state index is 14.0. The van der Waals surface area contributed by atoms with E-state index in [0.29, 0.717) is 35.4 Å². The van der Waals surface area contributed by atoms with Crippen LogP contribution in [0.4, 0.5) is 17.1 Å². The van der Waals surface area contributed by atoms with Crippen LogP contribution in [0.25, 0.3) is 27.9 Å². The van der Waals surface area contributed by atoms with Gasteiger partial charge in [0.1, 0.15) is 24.8 Å². The molecule has 1 fully saturated rings. The summed E-state index contributed by atoms with van der Waals surface area (Å²) in [5.74, 6) is -0.735. The van der Waals surface area contributed by atoms with E-state index in [2.05, 4.69) is 20.9 Å². The number of anilines is 2. The minimum absolute atomic E-state index is 0.0333. The molecule has 0 spiro atoms. The van der Waals surface area contributed by atoms with Crippen LogP contribution in [0.1, 0.15) is 30.2 Å². The lowest BCUT2D eigenvalue weighted by Crippen LogP contribution is -2.58. The summed E-state index contributed by atoms with van der Waals surface area (Å²) in [7, 11) is 0. The van der Waals surface area contributed by atoms with Crippen LogP contribution in [0.5, 0.6) is 0 Å². The fraction of sp³-hybridized carbons (Fsp3) is 0.289. The molecule has 0 aliphatic carbocycles. The number of carbonyl (C=O) groups is 1. The lowest BCUT2D eigenvalue weighted by molar-refractivity contribution is -0.383. The molecule has 7 rings (SSSR count). The number of para-hydroxylation sites is 1. The molecule has 55 heavy (non-hydrogen) atoms. The number of nitrogens with one attached hydrogen (secondary N) is 2. The third kappa shape index (κ3) is 7.70. The Morgan fingerprint density at radius 3 is 2.38 bits per heavy atom. The minimum Gasteiger partial charge on any atom is -0.493 e. The molecule has 17 heteroatoms. The summed E-state index contributed by atoms with van der Waals surface area (Å²) in [4.78, 5) is 27.8. The number of aliphatic hydroxyl groups is 4. The van der Waals surface area contributed by atoms with Gasteiger partial charge in [0.25, 0.3) is 5.91 Å². The van der Waals surface area contributed by atoms with Crippen molar-refractivity contribution in [1.82, 2.24) is 25.8 Å². The number of nitrogens with zero attached hydrogens (tertiary/aromatic N) is 5. The van der Waals surface area contributed by atoms with Crippen LogP contribution in [-0.2, 0) is 14.3 Å². The number of aromatic nitrogens is 2. The zero-order chi connectivity index (χ0) is 38.5. The fourth-order valence-electron chi connectivity index (χ4n) is 6.94. The number of fused-ring (bicyclic) bond motifs is 2. The van der Waals surface area contributed by atoms with Gasteiger partial charge in [-0.15, -0.1) is 0 Å². The first-order valence-electron chi connectivity index (χ1n) is 17.6. The number of piperidine rings is 1. The highest BCUT2D eigenvalue weighted by Crippen LogP contribution is 2.41. The first kappa shape index (κ1) is 37.4. The molecule has 0 saturated carbocycles. The summed E-state index contributed by atoms with van der Waals surface area (Å²) in [6.45, 7) is 0.250. The van der Waals surface area contributed by atoms with E-state index in [4.69, 9.17) is 14.1 Å². The van der Waals surface area contributed by atoms with Gasteiger partial charge in [0.05, 0.1) is 42.2 Å². The van der Waals surface area contributed by atoms with Crippen LogP contribution in [-0.4, -0.2) is 97.9 Å². The number of rotatable bonds is 14. The quantitative estimate of drug-likeness (QED) is 0.0540. The zero-order valence-corrected chi connectivity index (χ0v) is 29.4. The van der Waals surface area contributed by atoms with Crippen molar-refractivity contribution in [3.8, 4) is 11.1 Å². The van der Waals surface area contributed by atoms with E-state index in [1.165, 1.54) is 21.9 Å². The molecule has 4 atom stereocenters. The first-order chi connectivity index (χ1) is 26.7. The second-order valence-electron chi connectivity index (χ2n) is 12.9. The topological polar surface area (TPSA) is 229 Å². The Bertz CT molecular complexity index is 2180. The van der Waals surface area contributed by atoms with E-state index in [0.717, 1.165) is 11.1 Å². The molecule has 3 heterocycles. The van der Waals surface area contributed by atoms with Gasteiger partial charge in [0, 0.05) is 29.3 Å². The highest BCUT2D eigenvalue weighted by molar-refractivity contribution is 6.10. The number of amides is 1. The Kier molecular flexibility index (Phi) is 11.3. The predicted octanol–water partition coefficient (Wildman–Crippen LogP) is 3.67. The van der Waals surface area contributed by atoms with Crippen molar-refractivity contribution in [2.24, 2.45) is 0 Å². The van der Waals surface area contributed by atoms with Crippen molar-refractivity contribution < 1.29 is 44.2 Å². The lowest BCUT2D eigenvalue weighted by Gasteiger charge is -2.45. The molecule has 2 aliphatic heterocycles. The summed E-state index contributed by atoms with van der Waals surface area (Å²) in [6.07, 6.45) is -2.66. The SMILES string of the molecule is O=C(COCCOCCNC1=C(O)N(C2CCC(O)NC2O)C(O)c2ccccc21)N(c1ccccc1-c1ccccc1)c1ccc([N+](=O)[O-])c2nonc12. The van der Waals surface area contributed by atoms with Crippen molar-refractivity contribution in [3.05, 3.63) is 118 Å². The van der Waals surface area contributed by atoms with Gasteiger partial charge in [-0.1, -0.05) is 72.8 Å². The first-order valence-corrected chi connectivity index (χ1v) is 17.6. The Morgan fingerprint density at radius 2 is 1.60 bits per heavy atom. The third-order valence-corrected chi connectivity index (χ3v) is 9.50. The summed E-state index contributed by atoms with van der Waals surface area (Å²) < 4.78 is 16.4. The number of aliphatic hydroxyl groups excluding tert-OH is 4. The predicted molar refractivity (Wildman–Crippen MR) is 198 cm³/mol. The van der Waals surface area contributed by atoms with E-state index >= 15 is 0 Å². The largest absolute Gasteiger partial charge is 0.493 e. The third-order valence-electron chi connectivity index (χ3n) is 9.50. The minimum atomic E-state index is -1.23. The van der Waals surface area contributed by atoms with Crippen LogP contribution >= 0.6 is 0 Å². The molecule has 5 aromatic rings. The van der Waals surface area contributed by atoms with E-state index in [1.807, 2.05) is 42.5 Å². The number of nitro benzene ring substituents is 1. The number of hydrogen-bond donors (Lipinski definition) is 6. The van der Waals surface area contributed by atoms with Crippen LogP contribution in [0, 0.1) is 10.1 Å². The highest BCUT2D eigenvalue weighted by Gasteiger charge is 2.41. The fourth-order valence-corrected chi connectivity index (χ4v) is 6.94. The van der Waals surface area contributed by atoms with Crippen LogP contribution in [0.15, 0.2) is 102 Å². The molecule has 2 aliphatic rings. The molecule has 4 unspecified atom stereocenters. The smallest absolute Gasteiger partial charge is 0.300 e. The lowest BCUT2D eigenvalue weighted by atomic mass is 9.94. The summed E-state index contributed by atoms with van der Waals surface area (Å²) in [5, 5.41) is 68.2. The monoisotopic (exact) mass is 753 g/mol. The van der Waals surface area contributed by atoms with E-state index in [1.54, 1.807) is 36.4 Å². The molecular formula is C38H39N7O10. The average molecular weight is 754 g/mol. The zero-order valence-electron chi connectivity index (χ0n) is 29.4. The molecule has 0 radical (unpaired) electrons. The van der Waals surface area contributed by atoms with Crippen molar-refractivity contribution >= 4 is 39.7 Å². The van der Waals surface area contributed by atoms with Gasteiger partial charge < -0.3 is 40.1 Å². The molecule has 286 valence electrons. The summed E-state index contributed by atoms with van der Waals surface area (Å²) in [5.41, 5.74) is 3.36. The van der Waals surface area contributed by atoms with Crippen molar-refractivity contribution in [2.75, 3.05) is 37.9 Å². The van der Waals surface area contributed by atoms with Crippen molar-refractivity contribution in [3.63, 3.8) is 0 Å². The van der Waals surface area contributed by atoms with E-state index in [9.17, 15) is 35.3 Å². The summed E-state index contributed by atoms with van der Waals surface area (Å²) in [6, 6.07) is 25.7. The second-order valence-corrected chi connectivity index (χ2v) is 12.9. The summed E-state index contributed by atoms with van der Waals surface area (Å²) >= 11 is 0. The molecular weight excluding hydrogens is 714 g/mol. The molecule has 1 amide bonds. The second kappa shape index (κ2) is 16.6. The molecule has 17 nitrogen and oxygen atoms in total. The standard InChI is InChI=1S/C38H39N7O10/c46-31-17-16-30(36(48)40-31)44-37(49)26-12-5-4-11-25(26)33(38(44)50)39-18-19-53-20-21-54-22-32(47)43(27-13-7-6-10-24(27)23-8-2-1-3-9-23)28-14-15-29(45(51)52)35-34(28)41-55-42-35/h1-15,30-31,36-37,39-40,46,48-50H,16-22H2. The maximum Gasteiger partial charge on any atom is 0.300 e. The van der Waals surface area contributed by atoms with Crippen molar-refractivity contribution in [1.29, 1.82) is 0 Å². The number of carbonyl (C=O) groups excluding carboxylic acids is 1. The number of ether oxygens (including phenoxy) is 2.